The van der Waals surface area contributed by atoms with Gasteiger partial charge in [0.15, 0.2) is 0 Å². The lowest BCUT2D eigenvalue weighted by Crippen LogP contribution is -2.36. The molecule has 0 saturated heterocycles. The number of thiophene rings is 2. The number of hydrogen-bond donors (Lipinski definition) is 2. The predicted octanol–water partition coefficient (Wildman–Crippen LogP) is 3.70. The fraction of sp³-hybridized carbons (Fsp3) is 0.286. The highest BCUT2D eigenvalue weighted by Gasteiger charge is 2.33. The van der Waals surface area contributed by atoms with Crippen molar-refractivity contribution in [3.05, 3.63) is 39.4 Å². The number of hydrogen-bond acceptors (Lipinski definition) is 4. The zero-order valence-electron chi connectivity index (χ0n) is 11.1. The quantitative estimate of drug-likeness (QED) is 0.881. The fourth-order valence-corrected chi connectivity index (χ4v) is 3.50. The van der Waals surface area contributed by atoms with E-state index in [1.165, 1.54) is 17.4 Å². The maximum atomic E-state index is 12.4. The summed E-state index contributed by atoms with van der Waals surface area (Å²) in [6.07, 6.45) is 2.02. The molecule has 0 bridgehead atoms. The summed E-state index contributed by atoms with van der Waals surface area (Å²) >= 11 is 2.83. The number of aromatic carboxylic acids is 1. The zero-order valence-corrected chi connectivity index (χ0v) is 12.7. The largest absolute Gasteiger partial charge is 0.478 e. The van der Waals surface area contributed by atoms with Crippen LogP contribution in [0.5, 0.6) is 0 Å². The molecule has 0 aromatic carbocycles. The lowest BCUT2D eigenvalue weighted by Gasteiger charge is -2.22. The van der Waals surface area contributed by atoms with Crippen LogP contribution in [0.15, 0.2) is 28.3 Å². The van der Waals surface area contributed by atoms with Crippen LogP contribution in [0.25, 0.3) is 0 Å². The summed E-state index contributed by atoms with van der Waals surface area (Å²) in [4.78, 5) is 25.3. The Kier molecular flexibility index (Phi) is 3.94. The summed E-state index contributed by atoms with van der Waals surface area (Å²) in [7, 11) is 0. The van der Waals surface area contributed by atoms with Crippen LogP contribution in [0.1, 0.15) is 28.8 Å². The number of rotatable bonds is 5. The Morgan fingerprint density at radius 3 is 2.76 bits per heavy atom. The minimum absolute atomic E-state index is 0.139. The molecule has 7 heteroatoms. The van der Waals surface area contributed by atoms with Gasteiger partial charge < -0.3 is 10.0 Å². The Hall–Kier alpha value is -1.86. The van der Waals surface area contributed by atoms with E-state index in [0.29, 0.717) is 11.5 Å². The molecule has 1 saturated carbocycles. The molecule has 2 aromatic heterocycles. The number of amides is 2. The number of carboxylic acid groups (broad SMARTS) is 1. The molecule has 2 amide bonds. The van der Waals surface area contributed by atoms with E-state index in [1.807, 2.05) is 16.8 Å². The Balaban J connectivity index is 1.72. The van der Waals surface area contributed by atoms with Crippen molar-refractivity contribution in [2.75, 3.05) is 5.32 Å². The average Bonchev–Trinajstić information content (AvgIpc) is 2.97. The molecular weight excluding hydrogens is 308 g/mol. The third kappa shape index (κ3) is 3.25. The number of nitrogens with zero attached hydrogens (tertiary/aromatic N) is 1. The summed E-state index contributed by atoms with van der Waals surface area (Å²) in [5.74, 6) is -1.03. The van der Waals surface area contributed by atoms with Gasteiger partial charge in [0.05, 0.1) is 5.56 Å². The van der Waals surface area contributed by atoms with E-state index in [1.54, 1.807) is 21.6 Å². The van der Waals surface area contributed by atoms with Crippen molar-refractivity contribution >= 4 is 39.7 Å². The summed E-state index contributed by atoms with van der Waals surface area (Å²) < 4.78 is 0. The van der Waals surface area contributed by atoms with Gasteiger partial charge in [-0.15, -0.1) is 11.3 Å². The smallest absolute Gasteiger partial charge is 0.338 e. The number of carboxylic acids is 1. The van der Waals surface area contributed by atoms with Crippen LogP contribution >= 0.6 is 22.7 Å². The molecule has 21 heavy (non-hydrogen) atoms. The molecule has 3 rings (SSSR count). The molecule has 0 radical (unpaired) electrons. The number of nitrogens with one attached hydrogen (secondary N) is 1. The third-order valence-corrected chi connectivity index (χ3v) is 4.86. The molecule has 2 N–H and O–H groups in total. The number of carbonyl (C=O) groups excluding carboxylic acids is 1. The van der Waals surface area contributed by atoms with E-state index in [4.69, 9.17) is 5.11 Å². The molecule has 5 nitrogen and oxygen atoms in total. The molecule has 0 spiro atoms. The monoisotopic (exact) mass is 322 g/mol. The Morgan fingerprint density at radius 2 is 2.14 bits per heavy atom. The molecule has 1 aliphatic rings. The zero-order chi connectivity index (χ0) is 14.8. The van der Waals surface area contributed by atoms with Gasteiger partial charge in [-0.25, -0.2) is 9.59 Å². The minimum atomic E-state index is -1.03. The highest BCUT2D eigenvalue weighted by molar-refractivity contribution is 7.14. The highest BCUT2D eigenvalue weighted by Crippen LogP contribution is 2.30. The fourth-order valence-electron chi connectivity index (χ4n) is 2.08. The lowest BCUT2D eigenvalue weighted by molar-refractivity contribution is 0.0698. The van der Waals surface area contributed by atoms with E-state index in [9.17, 15) is 9.59 Å². The maximum Gasteiger partial charge on any atom is 0.338 e. The van der Waals surface area contributed by atoms with Crippen LogP contribution in [-0.4, -0.2) is 28.0 Å². The van der Waals surface area contributed by atoms with Crippen molar-refractivity contribution in [3.63, 3.8) is 0 Å². The van der Waals surface area contributed by atoms with Gasteiger partial charge in [-0.1, -0.05) is 0 Å². The summed E-state index contributed by atoms with van der Waals surface area (Å²) in [5.41, 5.74) is 1.24. The first-order chi connectivity index (χ1) is 10.1. The number of urea groups is 1. The van der Waals surface area contributed by atoms with Crippen molar-refractivity contribution in [2.24, 2.45) is 0 Å². The highest BCUT2D eigenvalue weighted by atomic mass is 32.1. The first-order valence-electron chi connectivity index (χ1n) is 6.54. The van der Waals surface area contributed by atoms with Gasteiger partial charge in [-0.05, 0) is 46.7 Å². The second-order valence-electron chi connectivity index (χ2n) is 4.89. The summed E-state index contributed by atoms with van der Waals surface area (Å²) in [5, 5.41) is 17.9. The molecule has 1 aliphatic carbocycles. The maximum absolute atomic E-state index is 12.4. The van der Waals surface area contributed by atoms with Crippen LogP contribution in [0.3, 0.4) is 0 Å². The molecule has 110 valence electrons. The Labute approximate surface area is 129 Å². The number of anilines is 1. The summed E-state index contributed by atoms with van der Waals surface area (Å²) in [6.45, 7) is 0.563. The van der Waals surface area contributed by atoms with E-state index < -0.39 is 5.97 Å². The van der Waals surface area contributed by atoms with Crippen LogP contribution in [0.2, 0.25) is 0 Å². The van der Waals surface area contributed by atoms with Gasteiger partial charge in [0.25, 0.3) is 0 Å². The van der Waals surface area contributed by atoms with Gasteiger partial charge in [0.2, 0.25) is 0 Å². The minimum Gasteiger partial charge on any atom is -0.478 e. The van der Waals surface area contributed by atoms with E-state index >= 15 is 0 Å². The van der Waals surface area contributed by atoms with Crippen LogP contribution in [0, 0.1) is 0 Å². The average molecular weight is 322 g/mol. The first-order valence-corrected chi connectivity index (χ1v) is 8.37. The van der Waals surface area contributed by atoms with Gasteiger partial charge >= 0.3 is 12.0 Å². The van der Waals surface area contributed by atoms with Crippen LogP contribution in [0.4, 0.5) is 9.80 Å². The van der Waals surface area contributed by atoms with Gasteiger partial charge in [0, 0.05) is 12.6 Å². The SMILES string of the molecule is O=C(O)c1ccsc1NC(=O)N(Cc1ccsc1)C1CC1. The van der Waals surface area contributed by atoms with Gasteiger partial charge in [-0.2, -0.15) is 11.3 Å². The van der Waals surface area contributed by atoms with Gasteiger partial charge in [0.1, 0.15) is 5.00 Å². The van der Waals surface area contributed by atoms with Gasteiger partial charge in [-0.3, -0.25) is 5.32 Å². The molecule has 2 aromatic rings. The first kappa shape index (κ1) is 14.1. The lowest BCUT2D eigenvalue weighted by atomic mass is 10.3. The molecule has 0 aliphatic heterocycles. The normalized spacial score (nSPS) is 13.9. The molecule has 2 heterocycles. The molecule has 1 fully saturated rings. The second-order valence-corrected chi connectivity index (χ2v) is 6.59. The standard InChI is InChI=1S/C14H14N2O3S2/c17-13(18)11-4-6-21-12(11)15-14(19)16(10-1-2-10)7-9-3-5-20-8-9/h3-6,8,10H,1-2,7H2,(H,15,19)(H,17,18). The van der Waals surface area contributed by atoms with Crippen LogP contribution in [-0.2, 0) is 6.54 Å². The van der Waals surface area contributed by atoms with Crippen molar-refractivity contribution in [1.29, 1.82) is 0 Å². The molecule has 0 unspecified atom stereocenters. The van der Waals surface area contributed by atoms with Crippen molar-refractivity contribution in [2.45, 2.75) is 25.4 Å². The van der Waals surface area contributed by atoms with Crippen molar-refractivity contribution in [3.8, 4) is 0 Å². The second kappa shape index (κ2) is 5.87. The van der Waals surface area contributed by atoms with Crippen molar-refractivity contribution < 1.29 is 14.7 Å². The predicted molar refractivity (Wildman–Crippen MR) is 83.2 cm³/mol. The summed E-state index contributed by atoms with van der Waals surface area (Å²) in [6, 6.07) is 3.54. The molecular formula is C14H14N2O3S2. The van der Waals surface area contributed by atoms with E-state index in [0.717, 1.165) is 18.4 Å². The van der Waals surface area contributed by atoms with E-state index in [2.05, 4.69) is 5.32 Å². The van der Waals surface area contributed by atoms with Crippen molar-refractivity contribution in [1.82, 2.24) is 4.90 Å². The topological polar surface area (TPSA) is 69.6 Å². The van der Waals surface area contributed by atoms with E-state index in [-0.39, 0.29) is 17.6 Å². The number of carbonyl (C=O) groups is 2. The van der Waals surface area contributed by atoms with Crippen LogP contribution < -0.4 is 5.32 Å². The Bertz CT molecular complexity index is 647. The third-order valence-electron chi connectivity index (χ3n) is 3.30. The molecule has 0 atom stereocenters. The Morgan fingerprint density at radius 1 is 1.33 bits per heavy atom.